The molecule has 0 radical (unpaired) electrons. The van der Waals surface area contributed by atoms with E-state index >= 15 is 0 Å². The lowest BCUT2D eigenvalue weighted by atomic mass is 10.1. The van der Waals surface area contributed by atoms with Crippen LogP contribution < -0.4 is 4.74 Å². The number of hydrogen-bond donors (Lipinski definition) is 1. The topological polar surface area (TPSA) is 59.0 Å². The summed E-state index contributed by atoms with van der Waals surface area (Å²) in [5, 5.41) is 9.12. The predicted molar refractivity (Wildman–Crippen MR) is 74.5 cm³/mol. The van der Waals surface area contributed by atoms with E-state index in [2.05, 4.69) is 0 Å². The quantitative estimate of drug-likeness (QED) is 0.907. The summed E-state index contributed by atoms with van der Waals surface area (Å²) in [6.07, 6.45) is -0.357. The molecule has 1 atom stereocenters. The van der Waals surface area contributed by atoms with E-state index in [0.717, 1.165) is 0 Å². The molecule has 1 aromatic carbocycles. The lowest BCUT2D eigenvalue weighted by Crippen LogP contribution is -2.55. The van der Waals surface area contributed by atoms with Crippen LogP contribution in [-0.2, 0) is 9.53 Å². The number of ether oxygens (including phenoxy) is 2. The summed E-state index contributed by atoms with van der Waals surface area (Å²) < 4.78 is 23.9. The Morgan fingerprint density at radius 2 is 2.14 bits per heavy atom. The van der Waals surface area contributed by atoms with E-state index in [1.807, 2.05) is 0 Å². The summed E-state index contributed by atoms with van der Waals surface area (Å²) in [7, 11) is 0. The summed E-state index contributed by atoms with van der Waals surface area (Å²) in [4.78, 5) is 14.2. The van der Waals surface area contributed by atoms with Gasteiger partial charge in [0.15, 0.2) is 5.60 Å². The normalized spacial score (nSPS) is 19.4. The zero-order valence-corrected chi connectivity index (χ0v) is 12.2. The number of benzene rings is 1. The van der Waals surface area contributed by atoms with Gasteiger partial charge in [-0.3, -0.25) is 4.79 Å². The first-order valence-electron chi connectivity index (χ1n) is 6.89. The summed E-state index contributed by atoms with van der Waals surface area (Å²) in [5.41, 5.74) is -1.07. The van der Waals surface area contributed by atoms with Gasteiger partial charge in [-0.25, -0.2) is 4.39 Å². The van der Waals surface area contributed by atoms with Gasteiger partial charge in [0.1, 0.15) is 11.6 Å². The van der Waals surface area contributed by atoms with Gasteiger partial charge in [-0.15, -0.1) is 0 Å². The highest BCUT2D eigenvalue weighted by Crippen LogP contribution is 2.21. The van der Waals surface area contributed by atoms with E-state index in [4.69, 9.17) is 14.6 Å². The minimum Gasteiger partial charge on any atom is -0.478 e. The molecule has 1 aromatic rings. The number of aliphatic hydroxyl groups is 1. The monoisotopic (exact) mass is 297 g/mol. The maximum absolute atomic E-state index is 12.9. The van der Waals surface area contributed by atoms with Crippen molar-refractivity contribution in [3.05, 3.63) is 30.1 Å². The SMILES string of the molecule is CC(C)(Oc1ccc(F)cc1)C(=O)N1CCOC(CO)C1. The minimum atomic E-state index is -1.07. The smallest absolute Gasteiger partial charge is 0.266 e. The summed E-state index contributed by atoms with van der Waals surface area (Å²) >= 11 is 0. The average molecular weight is 297 g/mol. The van der Waals surface area contributed by atoms with Gasteiger partial charge in [0, 0.05) is 13.1 Å². The third kappa shape index (κ3) is 3.92. The fourth-order valence-electron chi connectivity index (χ4n) is 2.24. The van der Waals surface area contributed by atoms with Crippen LogP contribution >= 0.6 is 0 Å². The Balaban J connectivity index is 2.03. The molecule has 5 nitrogen and oxygen atoms in total. The van der Waals surface area contributed by atoms with Gasteiger partial charge < -0.3 is 19.5 Å². The molecule has 0 spiro atoms. The van der Waals surface area contributed by atoms with Gasteiger partial charge in [0.25, 0.3) is 5.91 Å². The molecule has 1 saturated heterocycles. The molecule has 21 heavy (non-hydrogen) atoms. The standard InChI is InChI=1S/C15H20FNO4/c1-15(2,21-12-5-3-11(16)4-6-12)14(19)17-7-8-20-13(9-17)10-18/h3-6,13,18H,7-10H2,1-2H3. The first-order chi connectivity index (χ1) is 9.92. The Morgan fingerprint density at radius 1 is 1.48 bits per heavy atom. The Bertz CT molecular complexity index is 489. The second kappa shape index (κ2) is 6.41. The molecule has 1 aliphatic heterocycles. The lowest BCUT2D eigenvalue weighted by Gasteiger charge is -2.37. The molecule has 1 N–H and O–H groups in total. The van der Waals surface area contributed by atoms with Gasteiger partial charge in [-0.2, -0.15) is 0 Å². The molecular formula is C15H20FNO4. The molecule has 0 saturated carbocycles. The van der Waals surface area contributed by atoms with E-state index in [0.29, 0.717) is 25.4 Å². The summed E-state index contributed by atoms with van der Waals surface area (Å²) in [6.45, 7) is 4.41. The molecule has 6 heteroatoms. The van der Waals surface area contributed by atoms with E-state index in [-0.39, 0.29) is 24.4 Å². The number of rotatable bonds is 4. The van der Waals surface area contributed by atoms with E-state index in [1.165, 1.54) is 24.3 Å². The van der Waals surface area contributed by atoms with Crippen LogP contribution in [0.3, 0.4) is 0 Å². The second-order valence-electron chi connectivity index (χ2n) is 5.49. The second-order valence-corrected chi connectivity index (χ2v) is 5.49. The molecule has 116 valence electrons. The number of hydrogen-bond acceptors (Lipinski definition) is 4. The predicted octanol–water partition coefficient (Wildman–Crippen LogP) is 1.20. The molecule has 0 aliphatic carbocycles. The van der Waals surface area contributed by atoms with Crippen LogP contribution in [0, 0.1) is 5.82 Å². The Labute approximate surface area is 123 Å². The summed E-state index contributed by atoms with van der Waals surface area (Å²) in [5.74, 6) is -0.110. The van der Waals surface area contributed by atoms with Crippen molar-refractivity contribution in [1.82, 2.24) is 4.90 Å². The van der Waals surface area contributed by atoms with Crippen LogP contribution in [0.25, 0.3) is 0 Å². The lowest BCUT2D eigenvalue weighted by molar-refractivity contribution is -0.154. The van der Waals surface area contributed by atoms with Crippen molar-refractivity contribution in [2.45, 2.75) is 25.6 Å². The largest absolute Gasteiger partial charge is 0.478 e. The zero-order valence-electron chi connectivity index (χ0n) is 12.2. The molecule has 1 heterocycles. The number of amides is 1. The van der Waals surface area contributed by atoms with Crippen molar-refractivity contribution >= 4 is 5.91 Å². The van der Waals surface area contributed by atoms with E-state index in [1.54, 1.807) is 18.7 Å². The van der Waals surface area contributed by atoms with Crippen LogP contribution in [0.2, 0.25) is 0 Å². The van der Waals surface area contributed by atoms with Crippen molar-refractivity contribution in [1.29, 1.82) is 0 Å². The number of aliphatic hydroxyl groups excluding tert-OH is 1. The van der Waals surface area contributed by atoms with Crippen LogP contribution in [0.4, 0.5) is 4.39 Å². The third-order valence-electron chi connectivity index (χ3n) is 3.33. The molecule has 0 aromatic heterocycles. The van der Waals surface area contributed by atoms with Crippen molar-refractivity contribution in [2.75, 3.05) is 26.3 Å². The highest BCUT2D eigenvalue weighted by Gasteiger charge is 2.36. The first-order valence-corrected chi connectivity index (χ1v) is 6.89. The van der Waals surface area contributed by atoms with Gasteiger partial charge in [-0.1, -0.05) is 0 Å². The molecule has 1 aliphatic rings. The fourth-order valence-corrected chi connectivity index (χ4v) is 2.24. The number of nitrogens with zero attached hydrogens (tertiary/aromatic N) is 1. The zero-order chi connectivity index (χ0) is 15.5. The van der Waals surface area contributed by atoms with E-state index < -0.39 is 5.60 Å². The van der Waals surface area contributed by atoms with Crippen LogP contribution in [-0.4, -0.2) is 53.9 Å². The van der Waals surface area contributed by atoms with Crippen molar-refractivity contribution in [3.63, 3.8) is 0 Å². The molecule has 0 bridgehead atoms. The van der Waals surface area contributed by atoms with Crippen LogP contribution in [0.5, 0.6) is 5.75 Å². The highest BCUT2D eigenvalue weighted by atomic mass is 19.1. The Morgan fingerprint density at radius 3 is 2.76 bits per heavy atom. The van der Waals surface area contributed by atoms with Crippen LogP contribution in [0.15, 0.2) is 24.3 Å². The van der Waals surface area contributed by atoms with Crippen LogP contribution in [0.1, 0.15) is 13.8 Å². The molecule has 1 amide bonds. The van der Waals surface area contributed by atoms with Crippen molar-refractivity contribution in [3.8, 4) is 5.75 Å². The van der Waals surface area contributed by atoms with Crippen molar-refractivity contribution in [2.24, 2.45) is 0 Å². The Hall–Kier alpha value is -1.66. The number of carbonyl (C=O) groups is 1. The number of morpholine rings is 1. The third-order valence-corrected chi connectivity index (χ3v) is 3.33. The van der Waals surface area contributed by atoms with Gasteiger partial charge in [0.2, 0.25) is 0 Å². The number of carbonyl (C=O) groups excluding carboxylic acids is 1. The highest BCUT2D eigenvalue weighted by molar-refractivity contribution is 5.85. The maximum Gasteiger partial charge on any atom is 0.266 e. The van der Waals surface area contributed by atoms with Crippen molar-refractivity contribution < 1.29 is 23.8 Å². The van der Waals surface area contributed by atoms with Gasteiger partial charge in [0.05, 0.1) is 19.3 Å². The fraction of sp³-hybridized carbons (Fsp3) is 0.533. The molecular weight excluding hydrogens is 277 g/mol. The Kier molecular flexibility index (Phi) is 4.80. The molecule has 2 rings (SSSR count). The number of halogens is 1. The average Bonchev–Trinajstić information content (AvgIpc) is 2.48. The van der Waals surface area contributed by atoms with Gasteiger partial charge in [-0.05, 0) is 38.1 Å². The summed E-state index contributed by atoms with van der Waals surface area (Å²) in [6, 6.07) is 5.54. The van der Waals surface area contributed by atoms with Gasteiger partial charge >= 0.3 is 0 Å². The molecule has 1 fully saturated rings. The minimum absolute atomic E-state index is 0.122. The van der Waals surface area contributed by atoms with E-state index in [9.17, 15) is 9.18 Å². The molecule has 1 unspecified atom stereocenters. The maximum atomic E-state index is 12.9. The first kappa shape index (κ1) is 15.7.